The van der Waals surface area contributed by atoms with Gasteiger partial charge >= 0.3 is 0 Å². The second-order valence-electron chi connectivity index (χ2n) is 5.77. The van der Waals surface area contributed by atoms with Crippen LogP contribution in [-0.2, 0) is 11.2 Å². The number of amides is 1. The summed E-state index contributed by atoms with van der Waals surface area (Å²) in [6.07, 6.45) is 6.74. The van der Waals surface area contributed by atoms with Crippen LogP contribution in [-0.4, -0.2) is 31.0 Å². The minimum Gasteiger partial charge on any atom is -0.496 e. The zero-order valence-electron chi connectivity index (χ0n) is 14.0. The van der Waals surface area contributed by atoms with E-state index in [0.717, 1.165) is 11.3 Å². The van der Waals surface area contributed by atoms with Gasteiger partial charge in [0, 0.05) is 18.5 Å². The Kier molecular flexibility index (Phi) is 7.46. The second-order valence-corrected chi connectivity index (χ2v) is 6.77. The van der Waals surface area contributed by atoms with Gasteiger partial charge in [-0.25, -0.2) is 0 Å². The molecule has 0 saturated heterocycles. The first-order chi connectivity index (χ1) is 11.2. The summed E-state index contributed by atoms with van der Waals surface area (Å²) in [7, 11) is 3.48. The van der Waals surface area contributed by atoms with E-state index in [0.29, 0.717) is 18.2 Å². The predicted octanol–water partition coefficient (Wildman–Crippen LogP) is 3.65. The summed E-state index contributed by atoms with van der Waals surface area (Å²) in [5, 5.41) is 4.16. The fourth-order valence-corrected chi connectivity index (χ4v) is 3.97. The molecule has 4 nitrogen and oxygen atoms in total. The van der Waals surface area contributed by atoms with E-state index in [1.807, 2.05) is 31.3 Å². The molecule has 1 aromatic carbocycles. The lowest BCUT2D eigenvalue weighted by Gasteiger charge is -2.22. The Hall–Kier alpha value is -1.49. The SMILES string of the molecule is CN=C(SCNC(=O)Cc1ccccc1OC)C1CCCCC1. The highest BCUT2D eigenvalue weighted by molar-refractivity contribution is 8.13. The molecule has 0 radical (unpaired) electrons. The van der Waals surface area contributed by atoms with Gasteiger partial charge in [0.25, 0.3) is 0 Å². The van der Waals surface area contributed by atoms with E-state index >= 15 is 0 Å². The summed E-state index contributed by atoms with van der Waals surface area (Å²) in [6, 6.07) is 7.63. The normalized spacial score (nSPS) is 16.2. The molecule has 0 atom stereocenters. The van der Waals surface area contributed by atoms with Crippen molar-refractivity contribution in [2.75, 3.05) is 20.0 Å². The third kappa shape index (κ3) is 5.57. The van der Waals surface area contributed by atoms with Crippen molar-refractivity contribution in [3.63, 3.8) is 0 Å². The molecule has 1 N–H and O–H groups in total. The van der Waals surface area contributed by atoms with E-state index in [9.17, 15) is 4.79 Å². The highest BCUT2D eigenvalue weighted by atomic mass is 32.2. The quantitative estimate of drug-likeness (QED) is 0.491. The van der Waals surface area contributed by atoms with Gasteiger partial charge in [-0.2, -0.15) is 0 Å². The third-order valence-electron chi connectivity index (χ3n) is 4.21. The summed E-state index contributed by atoms with van der Waals surface area (Å²) in [6.45, 7) is 0. The monoisotopic (exact) mass is 334 g/mol. The van der Waals surface area contributed by atoms with Crippen molar-refractivity contribution in [3.8, 4) is 5.75 Å². The minimum absolute atomic E-state index is 0.0149. The molecule has 1 fully saturated rings. The largest absolute Gasteiger partial charge is 0.496 e. The van der Waals surface area contributed by atoms with Gasteiger partial charge in [0.05, 0.1) is 24.5 Å². The first-order valence-corrected chi connectivity index (χ1v) is 9.21. The Morgan fingerprint density at radius 1 is 1.30 bits per heavy atom. The van der Waals surface area contributed by atoms with Gasteiger partial charge in [0.2, 0.25) is 5.91 Å². The molecule has 126 valence electrons. The van der Waals surface area contributed by atoms with Crippen LogP contribution in [0.1, 0.15) is 37.7 Å². The van der Waals surface area contributed by atoms with Gasteiger partial charge in [0.1, 0.15) is 5.75 Å². The van der Waals surface area contributed by atoms with Crippen LogP contribution < -0.4 is 10.1 Å². The van der Waals surface area contributed by atoms with Crippen LogP contribution >= 0.6 is 11.8 Å². The molecule has 0 unspecified atom stereocenters. The van der Waals surface area contributed by atoms with Crippen molar-refractivity contribution in [2.24, 2.45) is 10.9 Å². The van der Waals surface area contributed by atoms with Crippen LogP contribution in [0.4, 0.5) is 0 Å². The molecule has 0 heterocycles. The Bertz CT molecular complexity index is 540. The minimum atomic E-state index is 0.0149. The van der Waals surface area contributed by atoms with Crippen LogP contribution in [0.3, 0.4) is 0 Å². The molecule has 5 heteroatoms. The molecule has 23 heavy (non-hydrogen) atoms. The molecule has 1 amide bonds. The van der Waals surface area contributed by atoms with E-state index in [4.69, 9.17) is 4.74 Å². The van der Waals surface area contributed by atoms with Gasteiger partial charge in [-0.05, 0) is 18.9 Å². The first-order valence-electron chi connectivity index (χ1n) is 8.22. The molecular formula is C18H26N2O2S. The molecule has 0 aliphatic heterocycles. The lowest BCUT2D eigenvalue weighted by Crippen LogP contribution is -2.26. The smallest absolute Gasteiger partial charge is 0.225 e. The van der Waals surface area contributed by atoms with E-state index in [2.05, 4.69) is 10.3 Å². The van der Waals surface area contributed by atoms with Crippen LogP contribution in [0.5, 0.6) is 5.75 Å². The average molecular weight is 334 g/mol. The van der Waals surface area contributed by atoms with Crippen LogP contribution in [0.2, 0.25) is 0 Å². The van der Waals surface area contributed by atoms with Crippen molar-refractivity contribution in [2.45, 2.75) is 38.5 Å². The summed E-state index contributed by atoms with van der Waals surface area (Å²) in [4.78, 5) is 16.5. The van der Waals surface area contributed by atoms with Crippen molar-refractivity contribution >= 4 is 22.7 Å². The number of benzene rings is 1. The summed E-state index contributed by atoms with van der Waals surface area (Å²) < 4.78 is 5.28. The molecule has 1 aliphatic rings. The number of carbonyl (C=O) groups excluding carboxylic acids is 1. The maximum Gasteiger partial charge on any atom is 0.225 e. The molecule has 0 spiro atoms. The predicted molar refractivity (Wildman–Crippen MR) is 97.2 cm³/mol. The van der Waals surface area contributed by atoms with E-state index in [1.165, 1.54) is 37.1 Å². The number of para-hydroxylation sites is 1. The van der Waals surface area contributed by atoms with Crippen molar-refractivity contribution in [1.29, 1.82) is 0 Å². The van der Waals surface area contributed by atoms with E-state index < -0.39 is 0 Å². The Balaban J connectivity index is 1.77. The number of carbonyl (C=O) groups is 1. The third-order valence-corrected chi connectivity index (χ3v) is 5.31. The van der Waals surface area contributed by atoms with Crippen LogP contribution in [0.15, 0.2) is 29.3 Å². The average Bonchev–Trinajstić information content (AvgIpc) is 2.60. The Morgan fingerprint density at radius 2 is 2.04 bits per heavy atom. The molecule has 0 bridgehead atoms. The first kappa shape index (κ1) is 17.9. The molecule has 1 aliphatic carbocycles. The maximum absolute atomic E-state index is 12.1. The molecule has 1 aromatic rings. The number of aliphatic imine (C=N–C) groups is 1. The molecular weight excluding hydrogens is 308 g/mol. The number of rotatable bonds is 6. The van der Waals surface area contributed by atoms with Gasteiger partial charge < -0.3 is 10.1 Å². The number of nitrogens with one attached hydrogen (secondary N) is 1. The molecule has 0 aromatic heterocycles. The van der Waals surface area contributed by atoms with Gasteiger partial charge in [0.15, 0.2) is 0 Å². The molecule has 2 rings (SSSR count). The maximum atomic E-state index is 12.1. The second kappa shape index (κ2) is 9.60. The Morgan fingerprint density at radius 3 is 2.74 bits per heavy atom. The number of thioether (sulfide) groups is 1. The molecule has 1 saturated carbocycles. The number of nitrogens with zero attached hydrogens (tertiary/aromatic N) is 1. The Labute approximate surface area is 143 Å². The summed E-state index contributed by atoms with van der Waals surface area (Å²) >= 11 is 1.66. The van der Waals surface area contributed by atoms with Gasteiger partial charge in [-0.1, -0.05) is 49.2 Å². The van der Waals surface area contributed by atoms with Crippen LogP contribution in [0.25, 0.3) is 0 Å². The topological polar surface area (TPSA) is 50.7 Å². The van der Waals surface area contributed by atoms with Crippen molar-refractivity contribution in [3.05, 3.63) is 29.8 Å². The van der Waals surface area contributed by atoms with Crippen LogP contribution in [0, 0.1) is 5.92 Å². The number of ether oxygens (including phenoxy) is 1. The number of hydrogen-bond donors (Lipinski definition) is 1. The number of methoxy groups -OCH3 is 1. The van der Waals surface area contributed by atoms with Crippen molar-refractivity contribution < 1.29 is 9.53 Å². The van der Waals surface area contributed by atoms with Crippen molar-refractivity contribution in [1.82, 2.24) is 5.32 Å². The highest BCUT2D eigenvalue weighted by Gasteiger charge is 2.19. The zero-order valence-corrected chi connectivity index (χ0v) is 14.8. The lowest BCUT2D eigenvalue weighted by atomic mass is 9.90. The van der Waals surface area contributed by atoms with E-state index in [1.54, 1.807) is 18.9 Å². The fourth-order valence-electron chi connectivity index (χ4n) is 2.99. The highest BCUT2D eigenvalue weighted by Crippen LogP contribution is 2.28. The van der Waals surface area contributed by atoms with Gasteiger partial charge in [-0.3, -0.25) is 9.79 Å². The fraction of sp³-hybridized carbons (Fsp3) is 0.556. The van der Waals surface area contributed by atoms with E-state index in [-0.39, 0.29) is 5.91 Å². The summed E-state index contributed by atoms with van der Waals surface area (Å²) in [5.74, 6) is 1.94. The van der Waals surface area contributed by atoms with Gasteiger partial charge in [-0.15, -0.1) is 0 Å². The standard InChI is InChI=1S/C18H26N2O2S/c1-19-18(14-8-4-3-5-9-14)23-13-20-17(21)12-15-10-6-7-11-16(15)22-2/h6-7,10-11,14H,3-5,8-9,12-13H2,1-2H3,(H,20,21). The zero-order chi connectivity index (χ0) is 16.5. The lowest BCUT2D eigenvalue weighted by molar-refractivity contribution is -0.120. The summed E-state index contributed by atoms with van der Waals surface area (Å²) in [5.41, 5.74) is 0.911. The number of hydrogen-bond acceptors (Lipinski definition) is 4.